The van der Waals surface area contributed by atoms with Crippen molar-refractivity contribution in [3.63, 3.8) is 0 Å². The first-order valence-electron chi connectivity index (χ1n) is 6.19. The molecule has 18 heavy (non-hydrogen) atoms. The van der Waals surface area contributed by atoms with E-state index < -0.39 is 5.97 Å². The van der Waals surface area contributed by atoms with Crippen molar-refractivity contribution in [3.05, 3.63) is 23.8 Å². The number of rotatable bonds is 3. The smallest absolute Gasteiger partial charge is 0.337 e. The van der Waals surface area contributed by atoms with Gasteiger partial charge in [-0.25, -0.2) is 4.79 Å². The van der Waals surface area contributed by atoms with Gasteiger partial charge in [-0.2, -0.15) is 0 Å². The van der Waals surface area contributed by atoms with E-state index in [1.807, 2.05) is 6.07 Å². The van der Waals surface area contributed by atoms with Gasteiger partial charge in [0.1, 0.15) is 5.75 Å². The lowest BCUT2D eigenvalue weighted by atomic mass is 10.0. The Morgan fingerprint density at radius 2 is 1.94 bits per heavy atom. The first kappa shape index (κ1) is 12.7. The number of aromatic carboxylic acids is 1. The molecule has 4 heteroatoms. The summed E-state index contributed by atoms with van der Waals surface area (Å²) in [7, 11) is 1.59. The molecule has 98 valence electrons. The normalized spacial score (nSPS) is 23.2. The van der Waals surface area contributed by atoms with Crippen LogP contribution in [0.1, 0.15) is 24.2 Å². The molecule has 2 rings (SSSR count). The number of methoxy groups -OCH3 is 1. The van der Waals surface area contributed by atoms with Crippen molar-refractivity contribution in [2.24, 2.45) is 11.8 Å². The molecule has 1 N–H and O–H groups in total. The molecular weight excluding hydrogens is 230 g/mol. The second kappa shape index (κ2) is 4.88. The second-order valence-corrected chi connectivity index (χ2v) is 5.05. The first-order valence-corrected chi connectivity index (χ1v) is 6.19. The number of hydrogen-bond donors (Lipinski definition) is 1. The number of carbonyl (C=O) groups is 1. The van der Waals surface area contributed by atoms with E-state index in [1.165, 1.54) is 0 Å². The van der Waals surface area contributed by atoms with Gasteiger partial charge in [-0.05, 0) is 24.0 Å². The summed E-state index contributed by atoms with van der Waals surface area (Å²) in [6.07, 6.45) is 0. The van der Waals surface area contributed by atoms with Gasteiger partial charge < -0.3 is 14.7 Å². The van der Waals surface area contributed by atoms with Crippen LogP contribution < -0.4 is 9.64 Å². The Morgan fingerprint density at radius 3 is 2.44 bits per heavy atom. The molecule has 2 atom stereocenters. The van der Waals surface area contributed by atoms with Crippen molar-refractivity contribution in [2.75, 3.05) is 25.1 Å². The summed E-state index contributed by atoms with van der Waals surface area (Å²) in [5.74, 6) is 0.970. The third-order valence-electron chi connectivity index (χ3n) is 3.76. The minimum atomic E-state index is -0.889. The van der Waals surface area contributed by atoms with E-state index in [0.717, 1.165) is 18.8 Å². The van der Waals surface area contributed by atoms with E-state index in [1.54, 1.807) is 19.2 Å². The third kappa shape index (κ3) is 2.28. The van der Waals surface area contributed by atoms with Crippen LogP contribution in [0.3, 0.4) is 0 Å². The monoisotopic (exact) mass is 249 g/mol. The van der Waals surface area contributed by atoms with Gasteiger partial charge in [-0.15, -0.1) is 0 Å². The molecule has 2 unspecified atom stereocenters. The Kier molecular flexibility index (Phi) is 3.45. The highest BCUT2D eigenvalue weighted by molar-refractivity contribution is 5.95. The van der Waals surface area contributed by atoms with Crippen LogP contribution in [0.4, 0.5) is 5.69 Å². The van der Waals surface area contributed by atoms with Gasteiger partial charge in [-0.3, -0.25) is 0 Å². The number of ether oxygens (including phenoxy) is 1. The third-order valence-corrected chi connectivity index (χ3v) is 3.76. The fourth-order valence-electron chi connectivity index (χ4n) is 2.41. The average molecular weight is 249 g/mol. The maximum atomic E-state index is 11.3. The highest BCUT2D eigenvalue weighted by atomic mass is 16.5. The van der Waals surface area contributed by atoms with E-state index in [0.29, 0.717) is 23.1 Å². The molecular formula is C14H19NO3. The van der Waals surface area contributed by atoms with Gasteiger partial charge >= 0.3 is 5.97 Å². The van der Waals surface area contributed by atoms with Gasteiger partial charge in [0.25, 0.3) is 0 Å². The second-order valence-electron chi connectivity index (χ2n) is 5.05. The molecule has 1 aliphatic rings. The molecule has 0 bridgehead atoms. The summed E-state index contributed by atoms with van der Waals surface area (Å²) in [5.41, 5.74) is 1.11. The Bertz CT molecular complexity index is 448. The standard InChI is InChI=1S/C14H19NO3/c1-9-7-15(8-10(9)2)13-6-11(18-3)4-5-12(13)14(16)17/h4-6,9-10H,7-8H2,1-3H3,(H,16,17). The molecule has 1 fully saturated rings. The molecule has 1 aromatic rings. The van der Waals surface area contributed by atoms with Crippen LogP contribution in [0.2, 0.25) is 0 Å². The molecule has 1 saturated heterocycles. The Hall–Kier alpha value is -1.71. The fourth-order valence-corrected chi connectivity index (χ4v) is 2.41. The Morgan fingerprint density at radius 1 is 1.33 bits per heavy atom. The topological polar surface area (TPSA) is 49.8 Å². The number of carboxylic acids is 1. The van der Waals surface area contributed by atoms with Gasteiger partial charge in [0, 0.05) is 19.2 Å². The van der Waals surface area contributed by atoms with Crippen LogP contribution in [-0.4, -0.2) is 31.3 Å². The molecule has 1 heterocycles. The number of anilines is 1. The maximum Gasteiger partial charge on any atom is 0.337 e. The van der Waals surface area contributed by atoms with Crippen LogP contribution in [0.25, 0.3) is 0 Å². The summed E-state index contributed by atoms with van der Waals surface area (Å²) in [6, 6.07) is 5.12. The molecule has 0 aliphatic carbocycles. The summed E-state index contributed by atoms with van der Waals surface area (Å²) in [6.45, 7) is 6.19. The molecule has 0 spiro atoms. The maximum absolute atomic E-state index is 11.3. The van der Waals surface area contributed by atoms with E-state index in [9.17, 15) is 9.90 Å². The van der Waals surface area contributed by atoms with Gasteiger partial charge in [-0.1, -0.05) is 13.8 Å². The Balaban J connectivity index is 2.38. The van der Waals surface area contributed by atoms with Crippen LogP contribution in [0.5, 0.6) is 5.75 Å². The minimum Gasteiger partial charge on any atom is -0.497 e. The average Bonchev–Trinajstić information content (AvgIpc) is 2.68. The highest BCUT2D eigenvalue weighted by Gasteiger charge is 2.28. The largest absolute Gasteiger partial charge is 0.497 e. The van der Waals surface area contributed by atoms with Crippen LogP contribution >= 0.6 is 0 Å². The number of benzene rings is 1. The van der Waals surface area contributed by atoms with E-state index in [2.05, 4.69) is 18.7 Å². The zero-order chi connectivity index (χ0) is 13.3. The van der Waals surface area contributed by atoms with Crippen molar-refractivity contribution in [1.82, 2.24) is 0 Å². The van der Waals surface area contributed by atoms with Crippen molar-refractivity contribution in [1.29, 1.82) is 0 Å². The predicted octanol–water partition coefficient (Wildman–Crippen LogP) is 2.49. The molecule has 0 aromatic heterocycles. The quantitative estimate of drug-likeness (QED) is 0.894. The first-order chi connectivity index (χ1) is 8.52. The number of nitrogens with zero attached hydrogens (tertiary/aromatic N) is 1. The predicted molar refractivity (Wildman–Crippen MR) is 70.5 cm³/mol. The van der Waals surface area contributed by atoms with Gasteiger partial charge in [0.15, 0.2) is 0 Å². The number of carboxylic acid groups (broad SMARTS) is 1. The summed E-state index contributed by atoms with van der Waals surface area (Å²) in [4.78, 5) is 13.4. The van der Waals surface area contributed by atoms with Crippen LogP contribution in [0.15, 0.2) is 18.2 Å². The SMILES string of the molecule is COc1ccc(C(=O)O)c(N2CC(C)C(C)C2)c1. The summed E-state index contributed by atoms with van der Waals surface area (Å²) < 4.78 is 5.18. The lowest BCUT2D eigenvalue weighted by molar-refractivity contribution is 0.0697. The van der Waals surface area contributed by atoms with Gasteiger partial charge in [0.2, 0.25) is 0 Å². The lowest BCUT2D eigenvalue weighted by Crippen LogP contribution is -2.22. The zero-order valence-corrected chi connectivity index (χ0v) is 11.0. The van der Waals surface area contributed by atoms with Crippen LogP contribution in [0, 0.1) is 11.8 Å². The Labute approximate surface area is 107 Å². The fraction of sp³-hybridized carbons (Fsp3) is 0.500. The van der Waals surface area contributed by atoms with E-state index >= 15 is 0 Å². The van der Waals surface area contributed by atoms with E-state index in [4.69, 9.17) is 4.74 Å². The lowest BCUT2D eigenvalue weighted by Gasteiger charge is -2.21. The van der Waals surface area contributed by atoms with Crippen LogP contribution in [-0.2, 0) is 0 Å². The molecule has 1 aromatic carbocycles. The van der Waals surface area contributed by atoms with Gasteiger partial charge in [0.05, 0.1) is 18.4 Å². The van der Waals surface area contributed by atoms with E-state index in [-0.39, 0.29) is 0 Å². The molecule has 0 radical (unpaired) electrons. The molecule has 4 nitrogen and oxygen atoms in total. The minimum absolute atomic E-state index is 0.345. The van der Waals surface area contributed by atoms with Crippen molar-refractivity contribution in [3.8, 4) is 5.75 Å². The highest BCUT2D eigenvalue weighted by Crippen LogP contribution is 2.32. The van der Waals surface area contributed by atoms with Crippen molar-refractivity contribution in [2.45, 2.75) is 13.8 Å². The molecule has 0 amide bonds. The van der Waals surface area contributed by atoms with Crippen molar-refractivity contribution >= 4 is 11.7 Å². The summed E-state index contributed by atoms with van der Waals surface area (Å²) in [5, 5.41) is 9.25. The molecule has 0 saturated carbocycles. The van der Waals surface area contributed by atoms with Crippen molar-refractivity contribution < 1.29 is 14.6 Å². The summed E-state index contributed by atoms with van der Waals surface area (Å²) >= 11 is 0. The zero-order valence-electron chi connectivity index (χ0n) is 11.0. The molecule has 1 aliphatic heterocycles. The number of hydrogen-bond acceptors (Lipinski definition) is 3.